The summed E-state index contributed by atoms with van der Waals surface area (Å²) in [6, 6.07) is 12.4. The van der Waals surface area contributed by atoms with Crippen LogP contribution in [0.5, 0.6) is 0 Å². The van der Waals surface area contributed by atoms with Gasteiger partial charge in [0.2, 0.25) is 0 Å². The van der Waals surface area contributed by atoms with Crippen molar-refractivity contribution in [2.24, 2.45) is 0 Å². The largest absolute Gasteiger partial charge is 0.0837 e. The maximum Gasteiger partial charge on any atom is 0.0484 e. The molecule has 0 aromatic heterocycles. The molecule has 0 fully saturated rings. The Labute approximate surface area is 116 Å². The zero-order valence-corrected chi connectivity index (χ0v) is 12.6. The second-order valence-corrected chi connectivity index (χ2v) is 4.62. The standard InChI is InChI=1S/C15H15Cl.C2H6/c1-10-8-13(9-11(2)12(10)3)14-6-4-5-7-15(14)16;1-2/h4-9H,1-3H3;1-2H3. The summed E-state index contributed by atoms with van der Waals surface area (Å²) < 4.78 is 0. The monoisotopic (exact) mass is 260 g/mol. The van der Waals surface area contributed by atoms with E-state index in [-0.39, 0.29) is 0 Å². The van der Waals surface area contributed by atoms with Gasteiger partial charge in [-0.25, -0.2) is 0 Å². The van der Waals surface area contributed by atoms with Gasteiger partial charge in [0, 0.05) is 10.6 Å². The third-order valence-electron chi connectivity index (χ3n) is 3.11. The van der Waals surface area contributed by atoms with Gasteiger partial charge >= 0.3 is 0 Å². The fourth-order valence-corrected chi connectivity index (χ4v) is 2.13. The van der Waals surface area contributed by atoms with E-state index in [0.717, 1.165) is 10.6 Å². The number of aryl methyl sites for hydroxylation is 2. The third-order valence-corrected chi connectivity index (χ3v) is 3.44. The molecule has 0 unspecified atom stereocenters. The summed E-state index contributed by atoms with van der Waals surface area (Å²) in [6.45, 7) is 10.4. The Morgan fingerprint density at radius 3 is 1.83 bits per heavy atom. The van der Waals surface area contributed by atoms with E-state index in [9.17, 15) is 0 Å². The van der Waals surface area contributed by atoms with Gasteiger partial charge in [0.15, 0.2) is 0 Å². The first-order valence-corrected chi connectivity index (χ1v) is 6.80. The molecule has 0 bridgehead atoms. The van der Waals surface area contributed by atoms with E-state index in [1.165, 1.54) is 22.3 Å². The minimum absolute atomic E-state index is 0.810. The molecule has 0 saturated heterocycles. The van der Waals surface area contributed by atoms with E-state index in [1.807, 2.05) is 32.0 Å². The van der Waals surface area contributed by atoms with Crippen LogP contribution >= 0.6 is 11.6 Å². The molecule has 0 aliphatic heterocycles. The fourth-order valence-electron chi connectivity index (χ4n) is 1.89. The van der Waals surface area contributed by atoms with Crippen LogP contribution in [0.15, 0.2) is 36.4 Å². The van der Waals surface area contributed by atoms with E-state index < -0.39 is 0 Å². The van der Waals surface area contributed by atoms with Gasteiger partial charge < -0.3 is 0 Å². The highest BCUT2D eigenvalue weighted by Gasteiger charge is 2.05. The lowest BCUT2D eigenvalue weighted by atomic mass is 9.96. The molecule has 0 aliphatic rings. The van der Waals surface area contributed by atoms with Gasteiger partial charge in [-0.3, -0.25) is 0 Å². The van der Waals surface area contributed by atoms with E-state index >= 15 is 0 Å². The second kappa shape index (κ2) is 6.61. The predicted octanol–water partition coefficient (Wildman–Crippen LogP) is 5.96. The van der Waals surface area contributed by atoms with E-state index in [4.69, 9.17) is 11.6 Å². The average Bonchev–Trinajstić information content (AvgIpc) is 2.38. The summed E-state index contributed by atoms with van der Waals surface area (Å²) in [6.07, 6.45) is 0. The molecular weight excluding hydrogens is 240 g/mol. The molecule has 0 aliphatic carbocycles. The van der Waals surface area contributed by atoms with Crippen molar-refractivity contribution < 1.29 is 0 Å². The van der Waals surface area contributed by atoms with E-state index in [1.54, 1.807) is 0 Å². The van der Waals surface area contributed by atoms with Gasteiger partial charge in [-0.1, -0.05) is 55.8 Å². The summed E-state index contributed by atoms with van der Waals surface area (Å²) in [7, 11) is 0. The van der Waals surface area contributed by atoms with Crippen LogP contribution in [0.25, 0.3) is 11.1 Å². The van der Waals surface area contributed by atoms with Crippen molar-refractivity contribution in [1.29, 1.82) is 0 Å². The molecule has 0 nitrogen and oxygen atoms in total. The maximum absolute atomic E-state index is 6.20. The summed E-state index contributed by atoms with van der Waals surface area (Å²) in [5.41, 5.74) is 6.29. The van der Waals surface area contributed by atoms with Gasteiger partial charge in [-0.2, -0.15) is 0 Å². The Morgan fingerprint density at radius 2 is 1.33 bits per heavy atom. The molecule has 2 aromatic rings. The predicted molar refractivity (Wildman–Crippen MR) is 82.4 cm³/mol. The Hall–Kier alpha value is -1.27. The summed E-state index contributed by atoms with van der Waals surface area (Å²) >= 11 is 6.20. The Balaban J connectivity index is 0.000000771. The first-order valence-electron chi connectivity index (χ1n) is 6.42. The van der Waals surface area contributed by atoms with Gasteiger partial charge in [0.25, 0.3) is 0 Å². The van der Waals surface area contributed by atoms with Crippen molar-refractivity contribution in [3.8, 4) is 11.1 Å². The van der Waals surface area contributed by atoms with Crippen molar-refractivity contribution in [2.75, 3.05) is 0 Å². The van der Waals surface area contributed by atoms with Crippen LogP contribution in [0.2, 0.25) is 5.02 Å². The topological polar surface area (TPSA) is 0 Å². The quantitative estimate of drug-likeness (QED) is 0.594. The molecule has 0 saturated carbocycles. The lowest BCUT2D eigenvalue weighted by Crippen LogP contribution is -1.89. The van der Waals surface area contributed by atoms with Gasteiger partial charge in [-0.15, -0.1) is 0 Å². The lowest BCUT2D eigenvalue weighted by molar-refractivity contribution is 1.27. The SMILES string of the molecule is CC.Cc1cc(-c2ccccc2Cl)cc(C)c1C. The van der Waals surface area contributed by atoms with Crippen molar-refractivity contribution in [1.82, 2.24) is 0 Å². The van der Waals surface area contributed by atoms with Crippen LogP contribution in [-0.4, -0.2) is 0 Å². The molecule has 0 atom stereocenters. The smallest absolute Gasteiger partial charge is 0.0484 e. The minimum Gasteiger partial charge on any atom is -0.0837 e. The minimum atomic E-state index is 0.810. The molecule has 2 aromatic carbocycles. The number of rotatable bonds is 1. The first-order chi connectivity index (χ1) is 8.59. The Morgan fingerprint density at radius 1 is 0.833 bits per heavy atom. The number of hydrogen-bond donors (Lipinski definition) is 0. The molecule has 0 amide bonds. The van der Waals surface area contributed by atoms with Gasteiger partial charge in [0.1, 0.15) is 0 Å². The van der Waals surface area contributed by atoms with Crippen molar-refractivity contribution >= 4 is 11.6 Å². The molecule has 2 rings (SSSR count). The van der Waals surface area contributed by atoms with Gasteiger partial charge in [-0.05, 0) is 49.1 Å². The molecule has 0 radical (unpaired) electrons. The van der Waals surface area contributed by atoms with Crippen LogP contribution in [0.3, 0.4) is 0 Å². The molecule has 18 heavy (non-hydrogen) atoms. The lowest BCUT2D eigenvalue weighted by Gasteiger charge is -2.10. The van der Waals surface area contributed by atoms with E-state index in [2.05, 4.69) is 39.0 Å². The second-order valence-electron chi connectivity index (χ2n) is 4.21. The van der Waals surface area contributed by atoms with Crippen LogP contribution in [0.1, 0.15) is 30.5 Å². The zero-order chi connectivity index (χ0) is 13.7. The number of benzene rings is 2. The molecule has 0 N–H and O–H groups in total. The van der Waals surface area contributed by atoms with Crippen LogP contribution < -0.4 is 0 Å². The third kappa shape index (κ3) is 3.14. The van der Waals surface area contributed by atoms with Crippen molar-refractivity contribution in [3.05, 3.63) is 58.1 Å². The van der Waals surface area contributed by atoms with Crippen LogP contribution in [0.4, 0.5) is 0 Å². The molecule has 96 valence electrons. The normalized spacial score (nSPS) is 9.67. The molecule has 1 heteroatoms. The fraction of sp³-hybridized carbons (Fsp3) is 0.294. The van der Waals surface area contributed by atoms with E-state index in [0.29, 0.717) is 0 Å². The Bertz CT molecular complexity index is 504. The zero-order valence-electron chi connectivity index (χ0n) is 11.8. The first kappa shape index (κ1) is 14.8. The van der Waals surface area contributed by atoms with Gasteiger partial charge in [0.05, 0.1) is 0 Å². The molecule has 0 heterocycles. The highest BCUT2D eigenvalue weighted by Crippen LogP contribution is 2.30. The van der Waals surface area contributed by atoms with Crippen LogP contribution in [-0.2, 0) is 0 Å². The van der Waals surface area contributed by atoms with Crippen molar-refractivity contribution in [2.45, 2.75) is 34.6 Å². The summed E-state index contributed by atoms with van der Waals surface area (Å²) in [5, 5.41) is 0.810. The van der Waals surface area contributed by atoms with Crippen LogP contribution in [0, 0.1) is 20.8 Å². The highest BCUT2D eigenvalue weighted by molar-refractivity contribution is 6.33. The molecule has 0 spiro atoms. The molecular formula is C17H21Cl. The van der Waals surface area contributed by atoms with Crippen molar-refractivity contribution in [3.63, 3.8) is 0 Å². The maximum atomic E-state index is 6.20. The highest BCUT2D eigenvalue weighted by atomic mass is 35.5. The number of hydrogen-bond acceptors (Lipinski definition) is 0. The summed E-state index contributed by atoms with van der Waals surface area (Å²) in [5.74, 6) is 0. The number of halogens is 1. The average molecular weight is 261 g/mol. The Kier molecular flexibility index (Phi) is 5.43. The summed E-state index contributed by atoms with van der Waals surface area (Å²) in [4.78, 5) is 0.